The number of benzene rings is 1. The number of hydrogen-bond acceptors (Lipinski definition) is 4. The number of carbonyl (C=O) groups excluding carboxylic acids is 1. The molecule has 0 radical (unpaired) electrons. The Labute approximate surface area is 155 Å². The van der Waals surface area contributed by atoms with E-state index in [1.54, 1.807) is 0 Å². The van der Waals surface area contributed by atoms with Crippen molar-refractivity contribution in [1.29, 1.82) is 0 Å². The van der Waals surface area contributed by atoms with Crippen LogP contribution in [0.4, 0.5) is 0 Å². The number of aromatic nitrogens is 2. The zero-order chi connectivity index (χ0) is 18.2. The predicted molar refractivity (Wildman–Crippen MR) is 103 cm³/mol. The molecule has 1 unspecified atom stereocenters. The molecule has 1 amide bonds. The van der Waals surface area contributed by atoms with Crippen LogP contribution in [0, 0.1) is 0 Å². The van der Waals surface area contributed by atoms with E-state index in [4.69, 9.17) is 5.73 Å². The molecule has 1 saturated heterocycles. The lowest BCUT2D eigenvalue weighted by Crippen LogP contribution is -2.46. The average molecular weight is 355 g/mol. The number of nitrogens with two attached hydrogens (primary N) is 1. The summed E-state index contributed by atoms with van der Waals surface area (Å²) in [5.74, 6) is 1.12. The summed E-state index contributed by atoms with van der Waals surface area (Å²) in [5, 5.41) is 3.03. The van der Waals surface area contributed by atoms with Crippen LogP contribution in [0.1, 0.15) is 37.1 Å². The maximum Gasteiger partial charge on any atom is 0.221 e. The summed E-state index contributed by atoms with van der Waals surface area (Å²) in [6.07, 6.45) is 7.85. The molecule has 1 atom stereocenters. The van der Waals surface area contributed by atoms with Gasteiger partial charge in [0, 0.05) is 44.5 Å². The number of piperidine rings is 1. The minimum Gasteiger partial charge on any atom is -0.354 e. The molecule has 0 spiro atoms. The van der Waals surface area contributed by atoms with Crippen molar-refractivity contribution in [2.45, 2.75) is 44.8 Å². The topological polar surface area (TPSA) is 76.2 Å². The van der Waals surface area contributed by atoms with Crippen LogP contribution in [0.25, 0.3) is 0 Å². The number of rotatable bonds is 8. The van der Waals surface area contributed by atoms with E-state index in [0.29, 0.717) is 25.6 Å². The number of amides is 1. The molecule has 3 N–H and O–H groups in total. The molecule has 140 valence electrons. The van der Waals surface area contributed by atoms with E-state index < -0.39 is 0 Å². The normalized spacial score (nSPS) is 18.0. The molecule has 0 saturated carbocycles. The van der Waals surface area contributed by atoms with Crippen LogP contribution in [0.3, 0.4) is 0 Å². The van der Waals surface area contributed by atoms with Gasteiger partial charge in [-0.05, 0) is 24.9 Å². The molecule has 1 aliphatic heterocycles. The molecule has 1 fully saturated rings. The highest BCUT2D eigenvalue weighted by atomic mass is 16.1. The Morgan fingerprint density at radius 1 is 1.23 bits per heavy atom. The van der Waals surface area contributed by atoms with E-state index in [9.17, 15) is 4.79 Å². The van der Waals surface area contributed by atoms with E-state index in [1.807, 2.05) is 18.5 Å². The molecule has 1 aromatic heterocycles. The van der Waals surface area contributed by atoms with Crippen LogP contribution < -0.4 is 11.1 Å². The summed E-state index contributed by atoms with van der Waals surface area (Å²) in [7, 11) is 0. The molecular formula is C20H29N5O. The molecule has 0 aliphatic carbocycles. The van der Waals surface area contributed by atoms with Crippen molar-refractivity contribution in [2.75, 3.05) is 19.6 Å². The Balaban J connectivity index is 1.61. The molecule has 0 bridgehead atoms. The van der Waals surface area contributed by atoms with Crippen LogP contribution >= 0.6 is 0 Å². The highest BCUT2D eigenvalue weighted by Crippen LogP contribution is 2.19. The lowest BCUT2D eigenvalue weighted by atomic mass is 10.0. The molecule has 6 nitrogen and oxygen atoms in total. The molecular weight excluding hydrogens is 326 g/mol. The first-order valence-corrected chi connectivity index (χ1v) is 9.51. The average Bonchev–Trinajstić information content (AvgIpc) is 3.09. The standard InChI is InChI=1S/C20H29N5O/c21-10-9-20(26)23-14-18-8-4-5-12-24(18)16-19-22-11-13-25(19)15-17-6-2-1-3-7-17/h1-3,6-7,11,13,18H,4-5,8-10,12,14-16,21H2,(H,23,26). The van der Waals surface area contributed by atoms with E-state index in [-0.39, 0.29) is 5.91 Å². The Morgan fingerprint density at radius 3 is 2.88 bits per heavy atom. The summed E-state index contributed by atoms with van der Waals surface area (Å²) in [6, 6.07) is 10.8. The Morgan fingerprint density at radius 2 is 2.08 bits per heavy atom. The lowest BCUT2D eigenvalue weighted by Gasteiger charge is -2.35. The molecule has 1 aliphatic rings. The van der Waals surface area contributed by atoms with Crippen LogP contribution in [0.5, 0.6) is 0 Å². The molecule has 2 heterocycles. The van der Waals surface area contributed by atoms with Crippen LogP contribution in [0.2, 0.25) is 0 Å². The molecule has 26 heavy (non-hydrogen) atoms. The van der Waals surface area contributed by atoms with Crippen LogP contribution in [-0.4, -0.2) is 46.0 Å². The van der Waals surface area contributed by atoms with Gasteiger partial charge in [-0.3, -0.25) is 9.69 Å². The van der Waals surface area contributed by atoms with Crippen molar-refractivity contribution in [3.63, 3.8) is 0 Å². The monoisotopic (exact) mass is 355 g/mol. The second kappa shape index (κ2) is 9.50. The van der Waals surface area contributed by atoms with Gasteiger partial charge in [-0.25, -0.2) is 4.98 Å². The SMILES string of the molecule is NCCC(=O)NCC1CCCCN1Cc1nccn1Cc1ccccc1. The van der Waals surface area contributed by atoms with E-state index >= 15 is 0 Å². The van der Waals surface area contributed by atoms with Gasteiger partial charge < -0.3 is 15.6 Å². The first-order chi connectivity index (χ1) is 12.8. The third-order valence-electron chi connectivity index (χ3n) is 5.00. The smallest absolute Gasteiger partial charge is 0.221 e. The maximum absolute atomic E-state index is 11.7. The Kier molecular flexibility index (Phi) is 6.80. The van der Waals surface area contributed by atoms with E-state index in [1.165, 1.54) is 18.4 Å². The first kappa shape index (κ1) is 18.6. The molecule has 6 heteroatoms. The second-order valence-electron chi connectivity index (χ2n) is 6.92. The fourth-order valence-electron chi connectivity index (χ4n) is 3.55. The largest absolute Gasteiger partial charge is 0.354 e. The highest BCUT2D eigenvalue weighted by Gasteiger charge is 2.24. The van der Waals surface area contributed by atoms with Crippen LogP contribution in [0.15, 0.2) is 42.7 Å². The number of nitrogens with one attached hydrogen (secondary N) is 1. The summed E-state index contributed by atoms with van der Waals surface area (Å²) in [6.45, 7) is 3.80. The van der Waals surface area contributed by atoms with E-state index in [2.05, 4.69) is 44.0 Å². The number of imidazole rings is 1. The molecule has 1 aromatic carbocycles. The summed E-state index contributed by atoms with van der Waals surface area (Å²) >= 11 is 0. The van der Waals surface area contributed by atoms with Crippen molar-refractivity contribution >= 4 is 5.91 Å². The number of carbonyl (C=O) groups is 1. The van der Waals surface area contributed by atoms with Gasteiger partial charge in [0.25, 0.3) is 0 Å². The zero-order valence-electron chi connectivity index (χ0n) is 15.3. The third-order valence-corrected chi connectivity index (χ3v) is 5.00. The van der Waals surface area contributed by atoms with Crippen molar-refractivity contribution in [3.8, 4) is 0 Å². The number of hydrogen-bond donors (Lipinski definition) is 2. The van der Waals surface area contributed by atoms with Crippen molar-refractivity contribution < 1.29 is 4.79 Å². The van der Waals surface area contributed by atoms with Gasteiger partial charge in [0.1, 0.15) is 5.82 Å². The van der Waals surface area contributed by atoms with Gasteiger partial charge in [0.2, 0.25) is 5.91 Å². The number of nitrogens with zero attached hydrogens (tertiary/aromatic N) is 3. The van der Waals surface area contributed by atoms with Gasteiger partial charge in [-0.2, -0.15) is 0 Å². The fourth-order valence-corrected chi connectivity index (χ4v) is 3.55. The Hall–Kier alpha value is -2.18. The fraction of sp³-hybridized carbons (Fsp3) is 0.500. The van der Waals surface area contributed by atoms with Gasteiger partial charge in [-0.1, -0.05) is 36.8 Å². The van der Waals surface area contributed by atoms with Crippen molar-refractivity contribution in [2.24, 2.45) is 5.73 Å². The maximum atomic E-state index is 11.7. The highest BCUT2D eigenvalue weighted by molar-refractivity contribution is 5.76. The Bertz CT molecular complexity index is 685. The third kappa shape index (κ3) is 5.16. The van der Waals surface area contributed by atoms with Crippen molar-refractivity contribution in [3.05, 3.63) is 54.1 Å². The second-order valence-corrected chi connectivity index (χ2v) is 6.92. The summed E-state index contributed by atoms with van der Waals surface area (Å²) in [5.41, 5.74) is 6.73. The number of likely N-dealkylation sites (tertiary alicyclic amines) is 1. The van der Waals surface area contributed by atoms with E-state index in [0.717, 1.165) is 31.9 Å². The van der Waals surface area contributed by atoms with Crippen molar-refractivity contribution in [1.82, 2.24) is 19.8 Å². The van der Waals surface area contributed by atoms with Crippen LogP contribution in [-0.2, 0) is 17.9 Å². The minimum absolute atomic E-state index is 0.0450. The first-order valence-electron chi connectivity index (χ1n) is 9.51. The summed E-state index contributed by atoms with van der Waals surface area (Å²) in [4.78, 5) is 18.8. The lowest BCUT2D eigenvalue weighted by molar-refractivity contribution is -0.121. The van der Waals surface area contributed by atoms with Gasteiger partial charge >= 0.3 is 0 Å². The quantitative estimate of drug-likeness (QED) is 0.756. The zero-order valence-corrected chi connectivity index (χ0v) is 15.3. The predicted octanol–water partition coefficient (Wildman–Crippen LogP) is 1.75. The van der Waals surface area contributed by atoms with Gasteiger partial charge in [0.05, 0.1) is 6.54 Å². The van der Waals surface area contributed by atoms with Gasteiger partial charge in [0.15, 0.2) is 0 Å². The molecule has 2 aromatic rings. The molecule has 3 rings (SSSR count). The van der Waals surface area contributed by atoms with Gasteiger partial charge in [-0.15, -0.1) is 0 Å². The summed E-state index contributed by atoms with van der Waals surface area (Å²) < 4.78 is 2.22. The minimum atomic E-state index is 0.0450.